The second-order valence-corrected chi connectivity index (χ2v) is 8.62. The Labute approximate surface area is 182 Å². The first-order valence-corrected chi connectivity index (χ1v) is 10.1. The van der Waals surface area contributed by atoms with Crippen molar-refractivity contribution in [3.8, 4) is 22.6 Å². The van der Waals surface area contributed by atoms with Gasteiger partial charge in [-0.1, -0.05) is 39.0 Å². The summed E-state index contributed by atoms with van der Waals surface area (Å²) in [7, 11) is 1.56. The molecule has 0 spiro atoms. The molecule has 1 heterocycles. The number of hydrogen-bond donors (Lipinski definition) is 2. The van der Waals surface area contributed by atoms with Crippen LogP contribution in [0.4, 0.5) is 0 Å². The van der Waals surface area contributed by atoms with Crippen molar-refractivity contribution >= 4 is 11.8 Å². The largest absolute Gasteiger partial charge is 0.421 e. The number of hydrogen-bond acceptors (Lipinski definition) is 5. The van der Waals surface area contributed by atoms with Crippen molar-refractivity contribution in [1.29, 1.82) is 0 Å². The summed E-state index contributed by atoms with van der Waals surface area (Å²) in [6, 6.07) is 12.6. The number of carbonyl (C=O) groups is 2. The van der Waals surface area contributed by atoms with E-state index < -0.39 is 11.5 Å². The van der Waals surface area contributed by atoms with E-state index in [1.165, 1.54) is 0 Å². The molecular weight excluding hydrogens is 392 g/mol. The molecule has 7 heteroatoms. The SMILES string of the molecule is CNC(=O)C(NC(=O)c1ccc(-c2cc(-c3nnc(C)o3)ccc2C)cc1)C(C)(C)C. The van der Waals surface area contributed by atoms with Gasteiger partial charge in [-0.05, 0) is 53.3 Å². The molecule has 0 aliphatic rings. The highest BCUT2D eigenvalue weighted by molar-refractivity contribution is 5.98. The van der Waals surface area contributed by atoms with Gasteiger partial charge in [0, 0.05) is 25.1 Å². The number of aromatic nitrogens is 2. The Morgan fingerprint density at radius 2 is 1.61 bits per heavy atom. The summed E-state index contributed by atoms with van der Waals surface area (Å²) in [5, 5.41) is 13.4. The number of carbonyl (C=O) groups excluding carboxylic acids is 2. The molecular formula is C24H28N4O3. The van der Waals surface area contributed by atoms with Gasteiger partial charge in [0.1, 0.15) is 6.04 Å². The molecule has 0 aliphatic heterocycles. The Kier molecular flexibility index (Phi) is 6.24. The number of amides is 2. The fourth-order valence-corrected chi connectivity index (χ4v) is 3.31. The zero-order chi connectivity index (χ0) is 22.8. The second kappa shape index (κ2) is 8.71. The Balaban J connectivity index is 1.84. The third-order valence-electron chi connectivity index (χ3n) is 5.12. The molecule has 162 valence electrons. The summed E-state index contributed by atoms with van der Waals surface area (Å²) in [4.78, 5) is 25.0. The molecule has 1 aromatic heterocycles. The van der Waals surface area contributed by atoms with Gasteiger partial charge in [-0.3, -0.25) is 9.59 Å². The zero-order valence-corrected chi connectivity index (χ0v) is 18.7. The van der Waals surface area contributed by atoms with Crippen LogP contribution in [0, 0.1) is 19.3 Å². The van der Waals surface area contributed by atoms with Gasteiger partial charge in [0.05, 0.1) is 0 Å². The molecule has 3 rings (SSSR count). The Morgan fingerprint density at radius 1 is 0.968 bits per heavy atom. The smallest absolute Gasteiger partial charge is 0.251 e. The number of nitrogens with one attached hydrogen (secondary N) is 2. The van der Waals surface area contributed by atoms with Gasteiger partial charge in [-0.2, -0.15) is 0 Å². The summed E-state index contributed by atoms with van der Waals surface area (Å²) in [6.07, 6.45) is 0. The van der Waals surface area contributed by atoms with Gasteiger partial charge in [-0.15, -0.1) is 10.2 Å². The first-order chi connectivity index (χ1) is 14.6. The molecule has 2 aromatic carbocycles. The second-order valence-electron chi connectivity index (χ2n) is 8.62. The van der Waals surface area contributed by atoms with E-state index in [2.05, 4.69) is 20.8 Å². The van der Waals surface area contributed by atoms with Crippen molar-refractivity contribution in [1.82, 2.24) is 20.8 Å². The van der Waals surface area contributed by atoms with Crippen molar-refractivity contribution < 1.29 is 14.0 Å². The lowest BCUT2D eigenvalue weighted by Gasteiger charge is -2.29. The van der Waals surface area contributed by atoms with Crippen LogP contribution in [0.2, 0.25) is 0 Å². The predicted molar refractivity (Wildman–Crippen MR) is 119 cm³/mol. The Hall–Kier alpha value is -3.48. The number of aryl methyl sites for hydroxylation is 2. The molecule has 7 nitrogen and oxygen atoms in total. The molecule has 1 atom stereocenters. The Morgan fingerprint density at radius 3 is 2.16 bits per heavy atom. The van der Waals surface area contributed by atoms with E-state index >= 15 is 0 Å². The van der Waals surface area contributed by atoms with Crippen molar-refractivity contribution in [2.75, 3.05) is 7.05 Å². The maximum atomic E-state index is 12.8. The molecule has 2 amide bonds. The van der Waals surface area contributed by atoms with E-state index in [-0.39, 0.29) is 11.8 Å². The third-order valence-corrected chi connectivity index (χ3v) is 5.12. The normalized spacial score (nSPS) is 12.3. The van der Waals surface area contributed by atoms with Gasteiger partial charge in [0.2, 0.25) is 17.7 Å². The average Bonchev–Trinajstić information content (AvgIpc) is 3.17. The minimum atomic E-state index is -0.638. The maximum Gasteiger partial charge on any atom is 0.251 e. The van der Waals surface area contributed by atoms with Crippen LogP contribution in [0.25, 0.3) is 22.6 Å². The number of likely N-dealkylation sites (N-methyl/N-ethyl adjacent to an activating group) is 1. The van der Waals surface area contributed by atoms with Gasteiger partial charge in [-0.25, -0.2) is 0 Å². The number of rotatable bonds is 5. The molecule has 0 aliphatic carbocycles. The first-order valence-electron chi connectivity index (χ1n) is 10.1. The van der Waals surface area contributed by atoms with E-state index in [0.717, 1.165) is 22.3 Å². The molecule has 1 unspecified atom stereocenters. The highest BCUT2D eigenvalue weighted by Gasteiger charge is 2.32. The molecule has 2 N–H and O–H groups in total. The van der Waals surface area contributed by atoms with E-state index in [9.17, 15) is 9.59 Å². The summed E-state index contributed by atoms with van der Waals surface area (Å²) >= 11 is 0. The van der Waals surface area contributed by atoms with E-state index in [1.54, 1.807) is 26.1 Å². The highest BCUT2D eigenvalue weighted by atomic mass is 16.4. The summed E-state index contributed by atoms with van der Waals surface area (Å²) in [6.45, 7) is 9.52. The van der Waals surface area contributed by atoms with Crippen LogP contribution < -0.4 is 10.6 Å². The highest BCUT2D eigenvalue weighted by Crippen LogP contribution is 2.29. The van der Waals surface area contributed by atoms with Crippen LogP contribution in [0.3, 0.4) is 0 Å². The quantitative estimate of drug-likeness (QED) is 0.652. The number of nitrogens with zero attached hydrogens (tertiary/aromatic N) is 2. The van der Waals surface area contributed by atoms with Gasteiger partial charge < -0.3 is 15.1 Å². The van der Waals surface area contributed by atoms with Crippen molar-refractivity contribution in [3.63, 3.8) is 0 Å². The fraction of sp³-hybridized carbons (Fsp3) is 0.333. The minimum absolute atomic E-state index is 0.221. The van der Waals surface area contributed by atoms with Crippen molar-refractivity contribution in [2.45, 2.75) is 40.7 Å². The molecule has 0 saturated carbocycles. The lowest BCUT2D eigenvalue weighted by Crippen LogP contribution is -2.52. The Bertz CT molecular complexity index is 1090. The average molecular weight is 421 g/mol. The van der Waals surface area contributed by atoms with Gasteiger partial charge in [0.25, 0.3) is 5.91 Å². The van der Waals surface area contributed by atoms with Crippen LogP contribution >= 0.6 is 0 Å². The molecule has 0 fully saturated rings. The van der Waals surface area contributed by atoms with Crippen molar-refractivity contribution in [3.05, 3.63) is 59.5 Å². The minimum Gasteiger partial charge on any atom is -0.421 e. The standard InChI is InChI=1S/C24H28N4O3/c1-14-7-8-18(23-28-27-15(2)31-23)13-19(14)16-9-11-17(12-10-16)21(29)26-20(22(30)25-6)24(3,4)5/h7-13,20H,1-6H3,(H,25,30)(H,26,29). The molecule has 0 saturated heterocycles. The molecule has 0 radical (unpaired) electrons. The molecule has 31 heavy (non-hydrogen) atoms. The molecule has 0 bridgehead atoms. The summed E-state index contributed by atoms with van der Waals surface area (Å²) in [5.41, 5.74) is 3.97. The van der Waals surface area contributed by atoms with Crippen LogP contribution in [0.5, 0.6) is 0 Å². The van der Waals surface area contributed by atoms with Crippen LogP contribution in [0.1, 0.15) is 42.6 Å². The van der Waals surface area contributed by atoms with E-state index in [4.69, 9.17) is 4.42 Å². The van der Waals surface area contributed by atoms with Gasteiger partial charge in [0.15, 0.2) is 0 Å². The van der Waals surface area contributed by atoms with Crippen LogP contribution in [-0.4, -0.2) is 35.1 Å². The number of benzene rings is 2. The molecule has 3 aromatic rings. The zero-order valence-electron chi connectivity index (χ0n) is 18.7. The van der Waals surface area contributed by atoms with Crippen LogP contribution in [0.15, 0.2) is 46.9 Å². The monoisotopic (exact) mass is 420 g/mol. The van der Waals surface area contributed by atoms with Crippen LogP contribution in [-0.2, 0) is 4.79 Å². The predicted octanol–water partition coefficient (Wildman–Crippen LogP) is 3.91. The van der Waals surface area contributed by atoms with E-state index in [1.807, 2.05) is 58.0 Å². The summed E-state index contributed by atoms with van der Waals surface area (Å²) < 4.78 is 5.54. The first kappa shape index (κ1) is 22.2. The van der Waals surface area contributed by atoms with Gasteiger partial charge >= 0.3 is 0 Å². The topological polar surface area (TPSA) is 97.1 Å². The van der Waals surface area contributed by atoms with Crippen molar-refractivity contribution in [2.24, 2.45) is 5.41 Å². The third kappa shape index (κ3) is 4.99. The lowest BCUT2D eigenvalue weighted by atomic mass is 9.86. The van der Waals surface area contributed by atoms with E-state index in [0.29, 0.717) is 17.3 Å². The maximum absolute atomic E-state index is 12.8. The fourth-order valence-electron chi connectivity index (χ4n) is 3.31. The lowest BCUT2D eigenvalue weighted by molar-refractivity contribution is -0.124. The summed E-state index contributed by atoms with van der Waals surface area (Å²) in [5.74, 6) is 0.470.